The second kappa shape index (κ2) is 6.71. The first-order valence-corrected chi connectivity index (χ1v) is 9.00. The van der Waals surface area contributed by atoms with Crippen LogP contribution < -0.4 is 14.6 Å². The highest BCUT2D eigenvalue weighted by molar-refractivity contribution is 7.90. The van der Waals surface area contributed by atoms with Gasteiger partial charge in [0.05, 0.1) is 17.2 Å². The second-order valence-electron chi connectivity index (χ2n) is 4.45. The smallest absolute Gasteiger partial charge is 0.299 e. The summed E-state index contributed by atoms with van der Waals surface area (Å²) in [7, 11) is -6.29. The number of aryl methyl sites for hydroxylation is 1. The highest BCUT2D eigenvalue weighted by Crippen LogP contribution is 2.24. The Balaban J connectivity index is 3.11. The quantitative estimate of drug-likeness (QED) is 0.596. The van der Waals surface area contributed by atoms with E-state index in [9.17, 15) is 16.8 Å². The Bertz CT molecular complexity index is 714. The molecule has 0 aliphatic carbocycles. The number of anilines is 1. The summed E-state index contributed by atoms with van der Waals surface area (Å²) in [6.45, 7) is 3.66. The van der Waals surface area contributed by atoms with Crippen LogP contribution in [0, 0.1) is 13.8 Å². The summed E-state index contributed by atoms with van der Waals surface area (Å²) >= 11 is 0. The van der Waals surface area contributed by atoms with E-state index in [0.717, 1.165) is 0 Å². The number of rotatable bonds is 7. The van der Waals surface area contributed by atoms with Crippen molar-refractivity contribution in [2.45, 2.75) is 18.7 Å². The van der Waals surface area contributed by atoms with Gasteiger partial charge < -0.3 is 4.74 Å². The molecule has 0 aromatic heterocycles. The lowest BCUT2D eigenvalue weighted by Gasteiger charge is -2.14. The molecule has 8 nitrogen and oxygen atoms in total. The molecule has 10 heteroatoms. The van der Waals surface area contributed by atoms with Crippen molar-refractivity contribution in [2.75, 3.05) is 25.0 Å². The Morgan fingerprint density at radius 1 is 1.19 bits per heavy atom. The molecule has 0 amide bonds. The Labute approximate surface area is 124 Å². The molecule has 1 aromatic carbocycles. The molecule has 0 aliphatic rings. The largest absolute Gasteiger partial charge is 0.383 e. The first kappa shape index (κ1) is 17.9. The van der Waals surface area contributed by atoms with Gasteiger partial charge in [-0.2, -0.15) is 13.1 Å². The summed E-state index contributed by atoms with van der Waals surface area (Å²) < 4.78 is 55.8. The van der Waals surface area contributed by atoms with Gasteiger partial charge in [-0.1, -0.05) is 0 Å². The average molecular weight is 337 g/mol. The number of hydrogen-bond acceptors (Lipinski definition) is 5. The van der Waals surface area contributed by atoms with Crippen LogP contribution in [-0.4, -0.2) is 37.1 Å². The van der Waals surface area contributed by atoms with E-state index in [1.807, 2.05) is 0 Å². The van der Waals surface area contributed by atoms with Crippen molar-refractivity contribution in [3.63, 3.8) is 0 Å². The van der Waals surface area contributed by atoms with E-state index in [2.05, 4.69) is 9.44 Å². The van der Waals surface area contributed by atoms with Gasteiger partial charge in [0.2, 0.25) is 10.0 Å². The van der Waals surface area contributed by atoms with Crippen LogP contribution >= 0.6 is 0 Å². The standard InChI is InChI=1S/C11H19N3O5S2/c1-8-6-10(20(12,15)16)7-11(9(8)2)14-21(17,18)13-4-5-19-3/h6-7,13-14H,4-5H2,1-3H3,(H2,12,15,16). The SMILES string of the molecule is COCCNS(=O)(=O)Nc1cc(S(N)(=O)=O)cc(C)c1C. The molecule has 0 saturated carbocycles. The zero-order chi connectivity index (χ0) is 16.3. The molecule has 21 heavy (non-hydrogen) atoms. The number of primary sulfonamides is 1. The molecule has 0 unspecified atom stereocenters. The second-order valence-corrected chi connectivity index (χ2v) is 7.51. The molecule has 120 valence electrons. The summed E-state index contributed by atoms with van der Waals surface area (Å²) in [6, 6.07) is 2.58. The van der Waals surface area contributed by atoms with Gasteiger partial charge in [0.1, 0.15) is 0 Å². The minimum absolute atomic E-state index is 0.0960. The van der Waals surface area contributed by atoms with Gasteiger partial charge in [0.25, 0.3) is 10.2 Å². The van der Waals surface area contributed by atoms with Gasteiger partial charge in [-0.3, -0.25) is 4.72 Å². The van der Waals surface area contributed by atoms with Crippen molar-refractivity contribution < 1.29 is 21.6 Å². The van der Waals surface area contributed by atoms with Gasteiger partial charge in [0, 0.05) is 13.7 Å². The number of hydrogen-bond donors (Lipinski definition) is 3. The van der Waals surface area contributed by atoms with Crippen LogP contribution in [0.5, 0.6) is 0 Å². The number of nitrogens with two attached hydrogens (primary N) is 1. The third-order valence-electron chi connectivity index (χ3n) is 2.81. The lowest BCUT2D eigenvalue weighted by atomic mass is 10.1. The summed E-state index contributed by atoms with van der Waals surface area (Å²) in [5.74, 6) is 0. The number of ether oxygens (including phenoxy) is 1. The summed E-state index contributed by atoms with van der Waals surface area (Å²) in [5, 5.41) is 5.07. The molecule has 0 radical (unpaired) electrons. The molecular weight excluding hydrogens is 318 g/mol. The van der Waals surface area contributed by atoms with Crippen LogP contribution in [0.2, 0.25) is 0 Å². The highest BCUT2D eigenvalue weighted by Gasteiger charge is 2.16. The summed E-state index contributed by atoms with van der Waals surface area (Å²) in [4.78, 5) is -0.153. The van der Waals surface area contributed by atoms with Gasteiger partial charge in [0.15, 0.2) is 0 Å². The maximum Gasteiger partial charge on any atom is 0.299 e. The Kier molecular flexibility index (Phi) is 5.70. The highest BCUT2D eigenvalue weighted by atomic mass is 32.2. The van der Waals surface area contributed by atoms with Crippen LogP contribution in [0.25, 0.3) is 0 Å². The Morgan fingerprint density at radius 3 is 2.33 bits per heavy atom. The first-order chi connectivity index (χ1) is 9.57. The Morgan fingerprint density at radius 2 is 1.81 bits per heavy atom. The maximum absolute atomic E-state index is 11.8. The van der Waals surface area contributed by atoms with E-state index in [1.165, 1.54) is 19.2 Å². The molecule has 0 saturated heterocycles. The lowest BCUT2D eigenvalue weighted by molar-refractivity contribution is 0.204. The minimum atomic E-state index is -3.92. The maximum atomic E-state index is 11.8. The fraction of sp³-hybridized carbons (Fsp3) is 0.455. The van der Waals surface area contributed by atoms with Crippen LogP contribution in [0.4, 0.5) is 5.69 Å². The number of sulfonamides is 1. The topological polar surface area (TPSA) is 128 Å². The first-order valence-electron chi connectivity index (χ1n) is 5.97. The van der Waals surface area contributed by atoms with Crippen molar-refractivity contribution in [3.8, 4) is 0 Å². The molecule has 0 atom stereocenters. The molecule has 1 aromatic rings. The lowest BCUT2D eigenvalue weighted by Crippen LogP contribution is -2.33. The number of methoxy groups -OCH3 is 1. The van der Waals surface area contributed by atoms with E-state index in [0.29, 0.717) is 11.1 Å². The molecule has 0 bridgehead atoms. The van der Waals surface area contributed by atoms with E-state index in [-0.39, 0.29) is 23.7 Å². The molecule has 0 aliphatic heterocycles. The fourth-order valence-electron chi connectivity index (χ4n) is 1.56. The molecule has 4 N–H and O–H groups in total. The number of benzene rings is 1. The van der Waals surface area contributed by atoms with Crippen molar-refractivity contribution in [1.29, 1.82) is 0 Å². The fourth-order valence-corrected chi connectivity index (χ4v) is 3.10. The van der Waals surface area contributed by atoms with Crippen molar-refractivity contribution in [2.24, 2.45) is 5.14 Å². The normalized spacial score (nSPS) is 12.4. The molecule has 0 fully saturated rings. The van der Waals surface area contributed by atoms with E-state index in [1.54, 1.807) is 13.8 Å². The van der Waals surface area contributed by atoms with E-state index in [4.69, 9.17) is 9.88 Å². The van der Waals surface area contributed by atoms with Crippen LogP contribution in [0.1, 0.15) is 11.1 Å². The van der Waals surface area contributed by atoms with Gasteiger partial charge >= 0.3 is 0 Å². The summed E-state index contributed by atoms with van der Waals surface area (Å²) in [5.41, 5.74) is 1.37. The van der Waals surface area contributed by atoms with Crippen molar-refractivity contribution >= 4 is 25.9 Å². The van der Waals surface area contributed by atoms with Crippen molar-refractivity contribution in [1.82, 2.24) is 4.72 Å². The molecule has 0 heterocycles. The van der Waals surface area contributed by atoms with Gasteiger partial charge in [-0.15, -0.1) is 0 Å². The van der Waals surface area contributed by atoms with E-state index >= 15 is 0 Å². The van der Waals surface area contributed by atoms with Crippen LogP contribution in [-0.2, 0) is 25.0 Å². The molecule has 0 spiro atoms. The predicted octanol–water partition coefficient (Wildman–Crippen LogP) is -0.156. The monoisotopic (exact) mass is 337 g/mol. The molecular formula is C11H19N3O5S2. The van der Waals surface area contributed by atoms with E-state index < -0.39 is 20.2 Å². The zero-order valence-corrected chi connectivity index (χ0v) is 13.6. The third-order valence-corrected chi connectivity index (χ3v) is 4.78. The van der Waals surface area contributed by atoms with Gasteiger partial charge in [-0.25, -0.2) is 13.6 Å². The Hall–Kier alpha value is -1.20. The number of nitrogens with one attached hydrogen (secondary N) is 2. The summed E-state index contributed by atoms with van der Waals surface area (Å²) in [6.07, 6.45) is 0. The third kappa shape index (κ3) is 5.25. The van der Waals surface area contributed by atoms with Crippen LogP contribution in [0.3, 0.4) is 0 Å². The molecule has 1 rings (SSSR count). The average Bonchev–Trinajstić information content (AvgIpc) is 2.33. The van der Waals surface area contributed by atoms with Crippen LogP contribution in [0.15, 0.2) is 17.0 Å². The zero-order valence-electron chi connectivity index (χ0n) is 12.0. The van der Waals surface area contributed by atoms with Crippen molar-refractivity contribution in [3.05, 3.63) is 23.3 Å². The minimum Gasteiger partial charge on any atom is -0.383 e. The van der Waals surface area contributed by atoms with Gasteiger partial charge in [-0.05, 0) is 37.1 Å². The predicted molar refractivity (Wildman–Crippen MR) is 79.7 cm³/mol.